The molecule has 1 N–H and O–H groups in total. The van der Waals surface area contributed by atoms with Crippen LogP contribution in [0, 0.1) is 5.82 Å². The molecule has 3 rings (SSSR count). The quantitative estimate of drug-likeness (QED) is 0.904. The Morgan fingerprint density at radius 1 is 1.37 bits per heavy atom. The number of aliphatic hydroxyl groups is 1. The molecular weight excluding hydrogens is 267 g/mol. The smallest absolute Gasteiger partial charge is 0.133 e. The van der Waals surface area contributed by atoms with E-state index >= 15 is 0 Å². The van der Waals surface area contributed by atoms with E-state index in [0.717, 1.165) is 12.8 Å². The summed E-state index contributed by atoms with van der Waals surface area (Å²) in [5.74, 6) is -0.0801. The van der Waals surface area contributed by atoms with Crippen molar-refractivity contribution in [2.75, 3.05) is 7.11 Å². The molecule has 2 bridgehead atoms. The van der Waals surface area contributed by atoms with Crippen molar-refractivity contribution >= 4 is 10.8 Å². The van der Waals surface area contributed by atoms with Crippen molar-refractivity contribution in [1.29, 1.82) is 0 Å². The lowest BCUT2D eigenvalue weighted by Gasteiger charge is -2.37. The zero-order valence-corrected chi connectivity index (χ0v) is 11.6. The zero-order chi connectivity index (χ0) is 13.6. The number of rotatable bonds is 2. The van der Waals surface area contributed by atoms with Crippen molar-refractivity contribution in [3.05, 3.63) is 29.6 Å². The second-order valence-corrected chi connectivity index (χ2v) is 7.40. The molecule has 0 saturated carbocycles. The van der Waals surface area contributed by atoms with E-state index in [-0.39, 0.29) is 16.1 Å². The van der Waals surface area contributed by atoms with Crippen LogP contribution in [0.5, 0.6) is 5.75 Å². The Morgan fingerprint density at radius 2 is 2.00 bits per heavy atom. The summed E-state index contributed by atoms with van der Waals surface area (Å²) in [7, 11) is 0.592. The lowest BCUT2D eigenvalue weighted by molar-refractivity contribution is 0.0128. The van der Waals surface area contributed by atoms with Gasteiger partial charge in [-0.05, 0) is 37.8 Å². The predicted molar refractivity (Wildman–Crippen MR) is 71.0 cm³/mol. The first-order valence-electron chi connectivity index (χ1n) is 6.50. The number of ether oxygens (including phenoxy) is 1. The van der Waals surface area contributed by atoms with Gasteiger partial charge in [-0.25, -0.2) is 4.39 Å². The highest BCUT2D eigenvalue weighted by Gasteiger charge is 2.50. The summed E-state index contributed by atoms with van der Waals surface area (Å²) in [6, 6.07) is 4.56. The molecular formula is C14H17FO3S. The van der Waals surface area contributed by atoms with Crippen LogP contribution in [-0.4, -0.2) is 26.9 Å². The SMILES string of the molecule is COc1cccc(F)c1C1(O)CC2CCC(C1)S2=O. The Kier molecular flexibility index (Phi) is 3.14. The maximum atomic E-state index is 14.1. The zero-order valence-electron chi connectivity index (χ0n) is 10.8. The van der Waals surface area contributed by atoms with E-state index in [9.17, 15) is 13.7 Å². The van der Waals surface area contributed by atoms with E-state index < -0.39 is 22.2 Å². The van der Waals surface area contributed by atoms with Crippen LogP contribution in [0.2, 0.25) is 0 Å². The van der Waals surface area contributed by atoms with Gasteiger partial charge in [0.1, 0.15) is 11.6 Å². The van der Waals surface area contributed by atoms with Gasteiger partial charge in [0.25, 0.3) is 0 Å². The van der Waals surface area contributed by atoms with Crippen LogP contribution in [0.25, 0.3) is 0 Å². The highest BCUT2D eigenvalue weighted by atomic mass is 32.2. The number of methoxy groups -OCH3 is 1. The first-order valence-corrected chi connectivity index (χ1v) is 7.77. The van der Waals surface area contributed by atoms with Gasteiger partial charge in [0.05, 0.1) is 18.3 Å². The number of hydrogen-bond acceptors (Lipinski definition) is 3. The topological polar surface area (TPSA) is 46.5 Å². The fourth-order valence-corrected chi connectivity index (χ4v) is 5.57. The van der Waals surface area contributed by atoms with Crippen LogP contribution >= 0.6 is 0 Å². The highest BCUT2D eigenvalue weighted by Crippen LogP contribution is 2.48. The maximum Gasteiger partial charge on any atom is 0.133 e. The van der Waals surface area contributed by atoms with Gasteiger partial charge < -0.3 is 9.84 Å². The van der Waals surface area contributed by atoms with Crippen LogP contribution in [0.15, 0.2) is 18.2 Å². The van der Waals surface area contributed by atoms with E-state index in [0.29, 0.717) is 18.6 Å². The van der Waals surface area contributed by atoms with Crippen LogP contribution in [-0.2, 0) is 16.4 Å². The summed E-state index contributed by atoms with van der Waals surface area (Å²) < 4.78 is 31.3. The molecule has 2 saturated heterocycles. The molecule has 0 radical (unpaired) electrons. The molecule has 0 spiro atoms. The molecule has 2 unspecified atom stereocenters. The van der Waals surface area contributed by atoms with Gasteiger partial charge in [-0.1, -0.05) is 6.07 Å². The first kappa shape index (κ1) is 13.1. The number of hydrogen-bond donors (Lipinski definition) is 1. The minimum Gasteiger partial charge on any atom is -0.496 e. The fourth-order valence-electron chi connectivity index (χ4n) is 3.41. The Hall–Kier alpha value is -0.940. The average molecular weight is 284 g/mol. The van der Waals surface area contributed by atoms with Crippen LogP contribution in [0.3, 0.4) is 0 Å². The normalized spacial score (nSPS) is 37.3. The third-order valence-electron chi connectivity index (χ3n) is 4.26. The van der Waals surface area contributed by atoms with Crippen molar-refractivity contribution in [1.82, 2.24) is 0 Å². The Morgan fingerprint density at radius 3 is 2.58 bits per heavy atom. The van der Waals surface area contributed by atoms with Gasteiger partial charge >= 0.3 is 0 Å². The van der Waals surface area contributed by atoms with Crippen molar-refractivity contribution in [2.24, 2.45) is 0 Å². The largest absolute Gasteiger partial charge is 0.496 e. The monoisotopic (exact) mass is 284 g/mol. The second-order valence-electron chi connectivity index (χ2n) is 5.41. The number of fused-ring (bicyclic) bond motifs is 2. The molecule has 1 aromatic rings. The second kappa shape index (κ2) is 4.56. The van der Waals surface area contributed by atoms with Crippen molar-refractivity contribution in [3.8, 4) is 5.75 Å². The number of halogens is 1. The standard InChI is InChI=1S/C14H17FO3S/c1-18-12-4-2-3-11(15)13(12)14(16)7-9-5-6-10(8-14)19(9)17/h2-4,9-10,16H,5-8H2,1H3. The van der Waals surface area contributed by atoms with Crippen molar-refractivity contribution < 1.29 is 18.4 Å². The minimum atomic E-state index is -1.25. The summed E-state index contributed by atoms with van der Waals surface area (Å²) in [4.78, 5) is 0. The summed E-state index contributed by atoms with van der Waals surface area (Å²) in [5.41, 5.74) is -1.03. The van der Waals surface area contributed by atoms with Crippen molar-refractivity contribution in [3.63, 3.8) is 0 Å². The van der Waals surface area contributed by atoms with E-state index in [1.54, 1.807) is 12.1 Å². The van der Waals surface area contributed by atoms with Gasteiger partial charge in [0.15, 0.2) is 0 Å². The molecule has 5 heteroatoms. The maximum absolute atomic E-state index is 14.1. The predicted octanol–water partition coefficient (Wildman–Crippen LogP) is 2.10. The van der Waals surface area contributed by atoms with Gasteiger partial charge in [-0.2, -0.15) is 0 Å². The summed E-state index contributed by atoms with van der Waals surface area (Å²) in [6.07, 6.45) is 2.42. The lowest BCUT2D eigenvalue weighted by Crippen LogP contribution is -2.41. The molecule has 2 atom stereocenters. The Labute approximate surface area is 114 Å². The molecule has 104 valence electrons. The Bertz CT molecular complexity index is 515. The van der Waals surface area contributed by atoms with Crippen LogP contribution < -0.4 is 4.74 Å². The Balaban J connectivity index is 2.05. The first-order chi connectivity index (χ1) is 9.05. The van der Waals surface area contributed by atoms with Gasteiger partial charge in [0.2, 0.25) is 0 Å². The molecule has 2 heterocycles. The molecule has 3 nitrogen and oxygen atoms in total. The molecule has 19 heavy (non-hydrogen) atoms. The molecule has 0 amide bonds. The summed E-state index contributed by atoms with van der Waals surface area (Å²) >= 11 is 0. The van der Waals surface area contributed by atoms with E-state index in [1.807, 2.05) is 0 Å². The van der Waals surface area contributed by atoms with Crippen molar-refractivity contribution in [2.45, 2.75) is 41.8 Å². The molecule has 0 aliphatic carbocycles. The third-order valence-corrected chi connectivity index (χ3v) is 6.38. The number of benzene rings is 1. The highest BCUT2D eigenvalue weighted by molar-refractivity contribution is 7.86. The van der Waals surface area contributed by atoms with Gasteiger partial charge in [0, 0.05) is 21.3 Å². The molecule has 0 aromatic heterocycles. The minimum absolute atomic E-state index is 0.0203. The van der Waals surface area contributed by atoms with E-state index in [2.05, 4.69) is 0 Å². The molecule has 2 aliphatic rings. The summed E-state index contributed by atoms with van der Waals surface area (Å²) in [6.45, 7) is 0. The van der Waals surface area contributed by atoms with Gasteiger partial charge in [-0.3, -0.25) is 4.21 Å². The van der Waals surface area contributed by atoms with E-state index in [1.165, 1.54) is 13.2 Å². The summed E-state index contributed by atoms with van der Waals surface area (Å²) in [5, 5.41) is 10.8. The van der Waals surface area contributed by atoms with Crippen LogP contribution in [0.4, 0.5) is 4.39 Å². The van der Waals surface area contributed by atoms with Gasteiger partial charge in [-0.15, -0.1) is 0 Å². The fraction of sp³-hybridized carbons (Fsp3) is 0.571. The van der Waals surface area contributed by atoms with Crippen LogP contribution in [0.1, 0.15) is 31.2 Å². The third kappa shape index (κ3) is 1.99. The average Bonchev–Trinajstić information content (AvgIpc) is 2.62. The molecule has 2 aliphatic heterocycles. The molecule has 1 aromatic carbocycles. The van der Waals surface area contributed by atoms with E-state index in [4.69, 9.17) is 4.74 Å². The molecule has 2 fully saturated rings. The lowest BCUT2D eigenvalue weighted by atomic mass is 9.85.